The van der Waals surface area contributed by atoms with E-state index >= 15 is 0 Å². The molecule has 2 unspecified atom stereocenters. The first-order valence-electron chi connectivity index (χ1n) is 5.98. The Morgan fingerprint density at radius 1 is 1.38 bits per heavy atom. The molecule has 1 aromatic heterocycles. The van der Waals surface area contributed by atoms with Gasteiger partial charge < -0.3 is 14.5 Å². The van der Waals surface area contributed by atoms with E-state index in [1.54, 1.807) is 0 Å². The fourth-order valence-corrected chi connectivity index (χ4v) is 2.01. The SMILES string of the molecule is CC1CC(c2nnc(CNC3CC3)o2)CO1. The standard InChI is InChI=1S/C11H17N3O2/c1-7-4-8(6-15-7)11-14-13-10(16-11)5-12-9-2-3-9/h7-9,12H,2-6H2,1H3. The van der Waals surface area contributed by atoms with Crippen LogP contribution in [0.15, 0.2) is 4.42 Å². The molecule has 0 spiro atoms. The number of hydrogen-bond donors (Lipinski definition) is 1. The van der Waals surface area contributed by atoms with Gasteiger partial charge >= 0.3 is 0 Å². The Morgan fingerprint density at radius 3 is 2.94 bits per heavy atom. The molecule has 1 saturated heterocycles. The molecular weight excluding hydrogens is 206 g/mol. The van der Waals surface area contributed by atoms with Crippen molar-refractivity contribution >= 4 is 0 Å². The molecular formula is C11H17N3O2. The Kier molecular flexibility index (Phi) is 2.65. The minimum absolute atomic E-state index is 0.289. The zero-order valence-corrected chi connectivity index (χ0v) is 9.48. The van der Waals surface area contributed by atoms with Crippen LogP contribution >= 0.6 is 0 Å². The zero-order valence-electron chi connectivity index (χ0n) is 9.48. The summed E-state index contributed by atoms with van der Waals surface area (Å²) in [5, 5.41) is 11.5. The van der Waals surface area contributed by atoms with Crippen molar-refractivity contribution in [3.8, 4) is 0 Å². The van der Waals surface area contributed by atoms with Crippen LogP contribution in [0.2, 0.25) is 0 Å². The molecule has 2 atom stereocenters. The molecule has 1 aromatic rings. The van der Waals surface area contributed by atoms with Crippen molar-refractivity contribution < 1.29 is 9.15 Å². The van der Waals surface area contributed by atoms with Gasteiger partial charge in [-0.25, -0.2) is 0 Å². The minimum atomic E-state index is 0.289. The van der Waals surface area contributed by atoms with E-state index in [0.29, 0.717) is 31.2 Å². The van der Waals surface area contributed by atoms with E-state index < -0.39 is 0 Å². The summed E-state index contributed by atoms with van der Waals surface area (Å²) in [7, 11) is 0. The maximum absolute atomic E-state index is 5.63. The molecule has 1 aliphatic carbocycles. The minimum Gasteiger partial charge on any atom is -0.423 e. The maximum Gasteiger partial charge on any atom is 0.230 e. The first kappa shape index (κ1) is 10.2. The zero-order chi connectivity index (χ0) is 11.0. The lowest BCUT2D eigenvalue weighted by molar-refractivity contribution is 0.122. The van der Waals surface area contributed by atoms with Crippen LogP contribution in [0.5, 0.6) is 0 Å². The number of hydrogen-bond acceptors (Lipinski definition) is 5. The Balaban J connectivity index is 1.58. The molecule has 16 heavy (non-hydrogen) atoms. The van der Waals surface area contributed by atoms with Crippen LogP contribution in [0.3, 0.4) is 0 Å². The molecule has 5 heteroatoms. The van der Waals surface area contributed by atoms with Crippen LogP contribution < -0.4 is 5.32 Å². The summed E-state index contributed by atoms with van der Waals surface area (Å²) in [6.45, 7) is 3.48. The molecule has 0 bridgehead atoms. The van der Waals surface area contributed by atoms with E-state index in [1.807, 2.05) is 0 Å². The Morgan fingerprint density at radius 2 is 2.25 bits per heavy atom. The lowest BCUT2D eigenvalue weighted by Gasteiger charge is -2.00. The quantitative estimate of drug-likeness (QED) is 0.831. The van der Waals surface area contributed by atoms with Gasteiger partial charge in [0.05, 0.1) is 25.2 Å². The maximum atomic E-state index is 5.63. The first-order chi connectivity index (χ1) is 7.81. The van der Waals surface area contributed by atoms with Gasteiger partial charge in [-0.15, -0.1) is 10.2 Å². The van der Waals surface area contributed by atoms with Gasteiger partial charge in [0.2, 0.25) is 11.8 Å². The van der Waals surface area contributed by atoms with Crippen LogP contribution in [-0.2, 0) is 11.3 Å². The molecule has 88 valence electrons. The van der Waals surface area contributed by atoms with Crippen molar-refractivity contribution in [2.24, 2.45) is 0 Å². The predicted octanol–water partition coefficient (Wildman–Crippen LogP) is 1.21. The average molecular weight is 223 g/mol. The second-order valence-electron chi connectivity index (χ2n) is 4.77. The number of nitrogens with one attached hydrogen (secondary N) is 1. The Bertz CT molecular complexity index is 362. The van der Waals surface area contributed by atoms with E-state index in [1.165, 1.54) is 12.8 Å². The van der Waals surface area contributed by atoms with Gasteiger partial charge in [0, 0.05) is 6.04 Å². The molecule has 2 fully saturated rings. The van der Waals surface area contributed by atoms with Crippen LogP contribution in [0, 0.1) is 0 Å². The molecule has 5 nitrogen and oxygen atoms in total. The molecule has 1 saturated carbocycles. The molecule has 0 amide bonds. The lowest BCUT2D eigenvalue weighted by atomic mass is 10.1. The van der Waals surface area contributed by atoms with Gasteiger partial charge in [-0.3, -0.25) is 0 Å². The van der Waals surface area contributed by atoms with E-state index in [9.17, 15) is 0 Å². The third kappa shape index (κ3) is 2.25. The number of rotatable bonds is 4. The van der Waals surface area contributed by atoms with Gasteiger partial charge in [0.1, 0.15) is 0 Å². The van der Waals surface area contributed by atoms with Crippen molar-refractivity contribution in [3.05, 3.63) is 11.8 Å². The predicted molar refractivity (Wildman–Crippen MR) is 56.9 cm³/mol. The molecule has 0 radical (unpaired) electrons. The van der Waals surface area contributed by atoms with Gasteiger partial charge in [-0.1, -0.05) is 0 Å². The molecule has 2 heterocycles. The molecule has 1 aliphatic heterocycles. The second kappa shape index (κ2) is 4.14. The highest BCUT2D eigenvalue weighted by atomic mass is 16.5. The van der Waals surface area contributed by atoms with Crippen LogP contribution in [0.4, 0.5) is 0 Å². The van der Waals surface area contributed by atoms with Crippen molar-refractivity contribution in [1.29, 1.82) is 0 Å². The summed E-state index contributed by atoms with van der Waals surface area (Å²) < 4.78 is 11.1. The summed E-state index contributed by atoms with van der Waals surface area (Å²) in [6.07, 6.45) is 3.84. The average Bonchev–Trinajstić information content (AvgIpc) is 2.81. The lowest BCUT2D eigenvalue weighted by Crippen LogP contribution is -2.15. The monoisotopic (exact) mass is 223 g/mol. The normalized spacial score (nSPS) is 29.8. The summed E-state index contributed by atoms with van der Waals surface area (Å²) in [6, 6.07) is 0.671. The highest BCUT2D eigenvalue weighted by molar-refractivity contribution is 4.95. The van der Waals surface area contributed by atoms with Crippen LogP contribution in [0.1, 0.15) is 43.9 Å². The Labute approximate surface area is 94.6 Å². The van der Waals surface area contributed by atoms with Gasteiger partial charge in [-0.2, -0.15) is 0 Å². The first-order valence-corrected chi connectivity index (χ1v) is 5.98. The summed E-state index contributed by atoms with van der Waals surface area (Å²) in [5.74, 6) is 1.72. The summed E-state index contributed by atoms with van der Waals surface area (Å²) in [4.78, 5) is 0. The highest BCUT2D eigenvalue weighted by Crippen LogP contribution is 2.28. The van der Waals surface area contributed by atoms with Gasteiger partial charge in [0.25, 0.3) is 0 Å². The summed E-state index contributed by atoms with van der Waals surface area (Å²) >= 11 is 0. The van der Waals surface area contributed by atoms with Gasteiger partial charge in [0.15, 0.2) is 0 Å². The van der Waals surface area contributed by atoms with Crippen molar-refractivity contribution in [2.75, 3.05) is 6.61 Å². The summed E-state index contributed by atoms with van der Waals surface area (Å²) in [5.41, 5.74) is 0. The molecule has 2 aliphatic rings. The van der Waals surface area contributed by atoms with Crippen molar-refractivity contribution in [3.63, 3.8) is 0 Å². The van der Waals surface area contributed by atoms with Crippen LogP contribution in [0.25, 0.3) is 0 Å². The fourth-order valence-electron chi connectivity index (χ4n) is 2.01. The number of ether oxygens (including phenoxy) is 1. The fraction of sp³-hybridized carbons (Fsp3) is 0.818. The molecule has 3 rings (SSSR count). The third-order valence-electron chi connectivity index (χ3n) is 3.15. The largest absolute Gasteiger partial charge is 0.423 e. The van der Waals surface area contributed by atoms with Crippen molar-refractivity contribution in [1.82, 2.24) is 15.5 Å². The topological polar surface area (TPSA) is 60.2 Å². The van der Waals surface area contributed by atoms with Crippen LogP contribution in [-0.4, -0.2) is 29.0 Å². The van der Waals surface area contributed by atoms with E-state index in [0.717, 1.165) is 12.3 Å². The second-order valence-corrected chi connectivity index (χ2v) is 4.77. The highest BCUT2D eigenvalue weighted by Gasteiger charge is 2.28. The molecule has 0 aromatic carbocycles. The van der Waals surface area contributed by atoms with Gasteiger partial charge in [-0.05, 0) is 26.2 Å². The van der Waals surface area contributed by atoms with E-state index in [4.69, 9.17) is 9.15 Å². The molecule has 1 N–H and O–H groups in total. The third-order valence-corrected chi connectivity index (χ3v) is 3.15. The number of aromatic nitrogens is 2. The Hall–Kier alpha value is -0.940. The smallest absolute Gasteiger partial charge is 0.230 e. The van der Waals surface area contributed by atoms with E-state index in [-0.39, 0.29) is 5.92 Å². The van der Waals surface area contributed by atoms with E-state index in [2.05, 4.69) is 22.4 Å². The van der Waals surface area contributed by atoms with Crippen molar-refractivity contribution in [2.45, 2.75) is 50.8 Å². The number of nitrogens with zero attached hydrogens (tertiary/aromatic N) is 2.